The van der Waals surface area contributed by atoms with Gasteiger partial charge in [-0.3, -0.25) is 0 Å². The number of benzene rings is 1. The van der Waals surface area contributed by atoms with Crippen molar-refractivity contribution < 1.29 is 9.47 Å². The highest BCUT2D eigenvalue weighted by Gasteiger charge is 2.08. The van der Waals surface area contributed by atoms with Crippen LogP contribution in [0, 0.1) is 17.8 Å². The molecule has 0 bridgehead atoms. The summed E-state index contributed by atoms with van der Waals surface area (Å²) < 4.78 is 10.5. The van der Waals surface area contributed by atoms with E-state index >= 15 is 0 Å². The summed E-state index contributed by atoms with van der Waals surface area (Å²) in [6.07, 6.45) is 0.876. The molecule has 0 aliphatic heterocycles. The van der Waals surface area contributed by atoms with Gasteiger partial charge in [0, 0.05) is 5.92 Å². The number of rotatable bonds is 4. The van der Waals surface area contributed by atoms with Gasteiger partial charge in [-0.05, 0) is 37.1 Å². The fourth-order valence-electron chi connectivity index (χ4n) is 1.67. The van der Waals surface area contributed by atoms with Crippen molar-refractivity contribution >= 4 is 0 Å². The molecule has 16 heavy (non-hydrogen) atoms. The van der Waals surface area contributed by atoms with E-state index in [4.69, 9.17) is 9.47 Å². The molecule has 2 heteroatoms. The maximum Gasteiger partial charge on any atom is 0.122 e. The van der Waals surface area contributed by atoms with Crippen molar-refractivity contribution in [1.82, 2.24) is 0 Å². The second kappa shape index (κ2) is 6.07. The van der Waals surface area contributed by atoms with E-state index in [2.05, 4.69) is 18.8 Å². The van der Waals surface area contributed by atoms with Gasteiger partial charge >= 0.3 is 0 Å². The van der Waals surface area contributed by atoms with Crippen LogP contribution in [-0.4, -0.2) is 14.2 Å². The molecule has 0 saturated heterocycles. The maximum absolute atomic E-state index is 5.32. The van der Waals surface area contributed by atoms with Gasteiger partial charge in [-0.15, -0.1) is 11.8 Å². The van der Waals surface area contributed by atoms with Crippen LogP contribution in [0.25, 0.3) is 0 Å². The van der Waals surface area contributed by atoms with Crippen molar-refractivity contribution in [2.75, 3.05) is 14.2 Å². The third kappa shape index (κ3) is 3.20. The van der Waals surface area contributed by atoms with Gasteiger partial charge in [0.25, 0.3) is 0 Å². The van der Waals surface area contributed by atoms with Gasteiger partial charge in [0.2, 0.25) is 0 Å². The van der Waals surface area contributed by atoms with Crippen LogP contribution in [0.5, 0.6) is 11.5 Å². The Morgan fingerprint density at radius 1 is 1.25 bits per heavy atom. The Morgan fingerprint density at radius 2 is 2.00 bits per heavy atom. The lowest BCUT2D eigenvalue weighted by molar-refractivity contribution is 0.397. The predicted octanol–water partition coefficient (Wildman–Crippen LogP) is 2.91. The van der Waals surface area contributed by atoms with Crippen molar-refractivity contribution in [3.8, 4) is 23.3 Å². The Morgan fingerprint density at radius 3 is 2.56 bits per heavy atom. The summed E-state index contributed by atoms with van der Waals surface area (Å²) >= 11 is 0. The monoisotopic (exact) mass is 218 g/mol. The molecular formula is C14H18O2. The minimum atomic E-state index is 0.325. The molecule has 0 heterocycles. The van der Waals surface area contributed by atoms with E-state index in [1.165, 1.54) is 0 Å². The van der Waals surface area contributed by atoms with Crippen LogP contribution in [0.1, 0.15) is 19.4 Å². The van der Waals surface area contributed by atoms with E-state index < -0.39 is 0 Å². The van der Waals surface area contributed by atoms with Crippen LogP contribution >= 0.6 is 0 Å². The molecule has 0 spiro atoms. The van der Waals surface area contributed by atoms with E-state index in [-0.39, 0.29) is 0 Å². The summed E-state index contributed by atoms with van der Waals surface area (Å²) in [5.41, 5.74) is 1.14. The minimum absolute atomic E-state index is 0.325. The van der Waals surface area contributed by atoms with Crippen molar-refractivity contribution in [2.24, 2.45) is 5.92 Å². The molecule has 1 unspecified atom stereocenters. The summed E-state index contributed by atoms with van der Waals surface area (Å²) in [6, 6.07) is 5.84. The molecule has 1 aromatic rings. The van der Waals surface area contributed by atoms with E-state index in [1.54, 1.807) is 14.2 Å². The molecule has 0 aromatic heterocycles. The summed E-state index contributed by atoms with van der Waals surface area (Å²) in [6.45, 7) is 3.97. The fraction of sp³-hybridized carbons (Fsp3) is 0.429. The van der Waals surface area contributed by atoms with Gasteiger partial charge in [0.05, 0.1) is 14.2 Å². The third-order valence-electron chi connectivity index (χ3n) is 2.40. The molecule has 0 fully saturated rings. The Bertz CT molecular complexity index is 399. The zero-order valence-electron chi connectivity index (χ0n) is 10.3. The number of hydrogen-bond donors (Lipinski definition) is 0. The number of ether oxygens (including phenoxy) is 2. The Hall–Kier alpha value is -1.62. The first-order valence-electron chi connectivity index (χ1n) is 5.34. The maximum atomic E-state index is 5.32. The van der Waals surface area contributed by atoms with Gasteiger partial charge < -0.3 is 9.47 Å². The van der Waals surface area contributed by atoms with Crippen LogP contribution in [0.3, 0.4) is 0 Å². The zero-order chi connectivity index (χ0) is 12.0. The van der Waals surface area contributed by atoms with Gasteiger partial charge in [-0.25, -0.2) is 0 Å². The van der Waals surface area contributed by atoms with Gasteiger partial charge in [-0.1, -0.05) is 6.92 Å². The van der Waals surface area contributed by atoms with Crippen LogP contribution < -0.4 is 9.47 Å². The standard InChI is InChI=1S/C14H18O2/c1-5-6-11(2)9-12-10-13(15-3)7-8-14(12)16-4/h7-8,10-11H,9H2,1-4H3. The highest BCUT2D eigenvalue weighted by atomic mass is 16.5. The third-order valence-corrected chi connectivity index (χ3v) is 2.40. The Kier molecular flexibility index (Phi) is 4.72. The quantitative estimate of drug-likeness (QED) is 0.723. The molecule has 0 saturated carbocycles. The molecule has 1 aromatic carbocycles. The molecule has 0 radical (unpaired) electrons. The molecule has 1 atom stereocenters. The first kappa shape index (κ1) is 12.4. The minimum Gasteiger partial charge on any atom is -0.497 e. The van der Waals surface area contributed by atoms with Crippen molar-refractivity contribution in [1.29, 1.82) is 0 Å². The summed E-state index contributed by atoms with van der Waals surface area (Å²) in [7, 11) is 3.35. The molecule has 0 amide bonds. The normalized spacial score (nSPS) is 11.2. The number of methoxy groups -OCH3 is 2. The first-order chi connectivity index (χ1) is 7.71. The van der Waals surface area contributed by atoms with Crippen molar-refractivity contribution in [3.63, 3.8) is 0 Å². The van der Waals surface area contributed by atoms with Gasteiger partial charge in [0.15, 0.2) is 0 Å². The van der Waals surface area contributed by atoms with Crippen LogP contribution in [0.4, 0.5) is 0 Å². The fourth-order valence-corrected chi connectivity index (χ4v) is 1.67. The van der Waals surface area contributed by atoms with E-state index in [1.807, 2.05) is 25.1 Å². The van der Waals surface area contributed by atoms with E-state index in [0.29, 0.717) is 5.92 Å². The lowest BCUT2D eigenvalue weighted by atomic mass is 10.0. The van der Waals surface area contributed by atoms with E-state index in [0.717, 1.165) is 23.5 Å². The Labute approximate surface area is 97.6 Å². The molecular weight excluding hydrogens is 200 g/mol. The smallest absolute Gasteiger partial charge is 0.122 e. The molecule has 2 nitrogen and oxygen atoms in total. The molecule has 0 aliphatic carbocycles. The predicted molar refractivity (Wildman–Crippen MR) is 65.9 cm³/mol. The average molecular weight is 218 g/mol. The summed E-state index contributed by atoms with van der Waals surface area (Å²) in [4.78, 5) is 0. The highest BCUT2D eigenvalue weighted by Crippen LogP contribution is 2.26. The zero-order valence-corrected chi connectivity index (χ0v) is 10.3. The highest BCUT2D eigenvalue weighted by molar-refractivity contribution is 5.40. The number of hydrogen-bond acceptors (Lipinski definition) is 2. The average Bonchev–Trinajstić information content (AvgIpc) is 2.29. The first-order valence-corrected chi connectivity index (χ1v) is 5.34. The second-order valence-electron chi connectivity index (χ2n) is 3.68. The topological polar surface area (TPSA) is 18.5 Å². The largest absolute Gasteiger partial charge is 0.497 e. The van der Waals surface area contributed by atoms with Crippen LogP contribution in [0.15, 0.2) is 18.2 Å². The second-order valence-corrected chi connectivity index (χ2v) is 3.68. The van der Waals surface area contributed by atoms with Crippen LogP contribution in [-0.2, 0) is 6.42 Å². The summed E-state index contributed by atoms with van der Waals surface area (Å²) in [5, 5.41) is 0. The van der Waals surface area contributed by atoms with Crippen molar-refractivity contribution in [3.05, 3.63) is 23.8 Å². The lowest BCUT2D eigenvalue weighted by Gasteiger charge is -2.11. The van der Waals surface area contributed by atoms with Gasteiger partial charge in [0.1, 0.15) is 11.5 Å². The molecule has 1 rings (SSSR count). The lowest BCUT2D eigenvalue weighted by Crippen LogP contribution is -2.00. The van der Waals surface area contributed by atoms with Gasteiger partial charge in [-0.2, -0.15) is 0 Å². The Balaban J connectivity index is 2.93. The van der Waals surface area contributed by atoms with Crippen LogP contribution in [0.2, 0.25) is 0 Å². The molecule has 86 valence electrons. The molecule has 0 aliphatic rings. The summed E-state index contributed by atoms with van der Waals surface area (Å²) in [5.74, 6) is 8.14. The van der Waals surface area contributed by atoms with Crippen molar-refractivity contribution in [2.45, 2.75) is 20.3 Å². The van der Waals surface area contributed by atoms with E-state index in [9.17, 15) is 0 Å². The molecule has 0 N–H and O–H groups in total. The SMILES string of the molecule is CC#CC(C)Cc1cc(OC)ccc1OC.